The van der Waals surface area contributed by atoms with Crippen molar-refractivity contribution in [2.75, 3.05) is 0 Å². The van der Waals surface area contributed by atoms with Crippen LogP contribution in [-0.2, 0) is 10.8 Å². The summed E-state index contributed by atoms with van der Waals surface area (Å²) >= 11 is 6.37. The smallest absolute Gasteiger partial charge is 0.182 e. The molecule has 42 heavy (non-hydrogen) atoms. The van der Waals surface area contributed by atoms with Crippen molar-refractivity contribution in [1.29, 1.82) is 0 Å². The van der Waals surface area contributed by atoms with Crippen LogP contribution in [0, 0.1) is 35.5 Å². The van der Waals surface area contributed by atoms with E-state index in [-0.39, 0.29) is 10.8 Å². The average Bonchev–Trinajstić information content (AvgIpc) is 3.47. The molecule has 8 aliphatic carbocycles. The lowest BCUT2D eigenvalue weighted by Crippen LogP contribution is -2.51. The van der Waals surface area contributed by atoms with Gasteiger partial charge in [-0.15, -0.1) is 0 Å². The predicted molar refractivity (Wildman–Crippen MR) is 163 cm³/mol. The van der Waals surface area contributed by atoms with Crippen LogP contribution < -0.4 is 0 Å². The number of oxazole rings is 1. The Morgan fingerprint density at radius 2 is 1.07 bits per heavy atom. The van der Waals surface area contributed by atoms with E-state index in [9.17, 15) is 0 Å². The van der Waals surface area contributed by atoms with Crippen molar-refractivity contribution in [2.45, 2.75) is 87.9 Å². The van der Waals surface area contributed by atoms with Gasteiger partial charge < -0.3 is 4.42 Å². The predicted octanol–water partition coefficient (Wildman–Crippen LogP) is 8.94. The number of hydrogen-bond acceptors (Lipinski definition) is 5. The molecule has 12 rings (SSSR count). The van der Waals surface area contributed by atoms with Crippen LogP contribution in [0.3, 0.4) is 0 Å². The van der Waals surface area contributed by atoms with Crippen LogP contribution in [0.25, 0.3) is 33.6 Å². The van der Waals surface area contributed by atoms with E-state index in [0.29, 0.717) is 10.5 Å². The van der Waals surface area contributed by atoms with Crippen LogP contribution >= 0.6 is 11.6 Å². The Hall–Kier alpha value is -2.79. The molecule has 0 N–H and O–H groups in total. The van der Waals surface area contributed by atoms with Gasteiger partial charge in [0.1, 0.15) is 17.2 Å². The zero-order chi connectivity index (χ0) is 27.6. The summed E-state index contributed by atoms with van der Waals surface area (Å²) in [7, 11) is 0. The Balaban J connectivity index is 1.09. The summed E-state index contributed by atoms with van der Waals surface area (Å²) in [5, 5.41) is 0.610. The third-order valence-corrected chi connectivity index (χ3v) is 12.9. The van der Waals surface area contributed by atoms with Crippen molar-refractivity contribution >= 4 is 22.7 Å². The maximum absolute atomic E-state index is 6.37. The molecule has 0 unspecified atom stereocenters. The minimum atomic E-state index is 0.157. The fraction of sp³-hybridized carbons (Fsp3) is 0.556. The highest BCUT2D eigenvalue weighted by molar-refractivity contribution is 6.35. The van der Waals surface area contributed by atoms with Gasteiger partial charge in [0, 0.05) is 22.0 Å². The number of rotatable bonds is 4. The Morgan fingerprint density at radius 3 is 1.57 bits per heavy atom. The molecule has 0 saturated heterocycles. The Kier molecular flexibility index (Phi) is 5.07. The summed E-state index contributed by atoms with van der Waals surface area (Å²) in [6.45, 7) is 0. The van der Waals surface area contributed by atoms with Crippen molar-refractivity contribution in [3.63, 3.8) is 0 Å². The summed E-state index contributed by atoms with van der Waals surface area (Å²) in [4.78, 5) is 20.7. The van der Waals surface area contributed by atoms with Crippen molar-refractivity contribution in [1.82, 2.24) is 19.9 Å². The molecule has 8 saturated carbocycles. The van der Waals surface area contributed by atoms with Crippen LogP contribution in [0.1, 0.15) is 88.7 Å². The lowest BCUT2D eigenvalue weighted by Gasteiger charge is -2.57. The average molecular weight is 577 g/mol. The number of halogens is 1. The van der Waals surface area contributed by atoms with Gasteiger partial charge in [0.15, 0.2) is 17.8 Å². The second kappa shape index (κ2) is 8.65. The van der Waals surface area contributed by atoms with Crippen molar-refractivity contribution < 1.29 is 4.42 Å². The van der Waals surface area contributed by atoms with Gasteiger partial charge in [-0.25, -0.2) is 19.9 Å². The molecular formula is C36H37ClN4O. The quantitative estimate of drug-likeness (QED) is 0.242. The molecule has 0 aliphatic heterocycles. The van der Waals surface area contributed by atoms with Crippen molar-refractivity contribution in [2.24, 2.45) is 35.5 Å². The maximum atomic E-state index is 6.37. The Morgan fingerprint density at radius 1 is 0.595 bits per heavy atom. The summed E-state index contributed by atoms with van der Waals surface area (Å²) in [6, 6.07) is 12.6. The topological polar surface area (TPSA) is 64.7 Å². The van der Waals surface area contributed by atoms with Crippen molar-refractivity contribution in [3.05, 3.63) is 59.5 Å². The Labute approximate surface area is 251 Å². The molecule has 0 amide bonds. The highest BCUT2D eigenvalue weighted by atomic mass is 35.5. The lowest BCUT2D eigenvalue weighted by molar-refractivity contribution is -0.0155. The molecule has 6 heteroatoms. The molecule has 2 aromatic heterocycles. The highest BCUT2D eigenvalue weighted by Crippen LogP contribution is 2.62. The molecule has 0 atom stereocenters. The molecule has 2 aromatic carbocycles. The van der Waals surface area contributed by atoms with Gasteiger partial charge >= 0.3 is 0 Å². The van der Waals surface area contributed by atoms with Crippen LogP contribution in [0.5, 0.6) is 0 Å². The number of benzene rings is 2. The summed E-state index contributed by atoms with van der Waals surface area (Å²) < 4.78 is 5.74. The van der Waals surface area contributed by atoms with Crippen molar-refractivity contribution in [3.8, 4) is 22.5 Å². The summed E-state index contributed by atoms with van der Waals surface area (Å²) in [6.07, 6.45) is 17.8. The van der Waals surface area contributed by atoms with Crippen LogP contribution in [0.4, 0.5) is 0 Å². The zero-order valence-corrected chi connectivity index (χ0v) is 24.8. The zero-order valence-electron chi connectivity index (χ0n) is 24.1. The SMILES string of the molecule is Clc1ccc(-c2ccc(-c3nc(C45CC6CC(CC(C6)C4)C5)nc(C45CC6CC(CC(C6)C4)C5)n3)cc2)c2ocnc12. The fourth-order valence-electron chi connectivity index (χ4n) is 11.7. The van der Waals surface area contributed by atoms with Gasteiger partial charge in [0.2, 0.25) is 0 Å². The monoisotopic (exact) mass is 576 g/mol. The van der Waals surface area contributed by atoms with E-state index >= 15 is 0 Å². The molecular weight excluding hydrogens is 540 g/mol. The first-order valence-corrected chi connectivity index (χ1v) is 16.8. The number of fused-ring (bicyclic) bond motifs is 1. The first-order chi connectivity index (χ1) is 20.5. The minimum absolute atomic E-state index is 0.157. The summed E-state index contributed by atoms with van der Waals surface area (Å²) in [5.41, 5.74) is 4.90. The molecule has 8 bridgehead atoms. The third-order valence-electron chi connectivity index (χ3n) is 12.5. The first-order valence-electron chi connectivity index (χ1n) is 16.4. The molecule has 0 radical (unpaired) electrons. The van der Waals surface area contributed by atoms with Crippen LogP contribution in [-0.4, -0.2) is 19.9 Å². The number of nitrogens with zero attached hydrogens (tertiary/aromatic N) is 4. The molecule has 0 spiro atoms. The van der Waals surface area contributed by atoms with Gasteiger partial charge in [-0.1, -0.05) is 35.9 Å². The molecule has 8 fully saturated rings. The van der Waals surface area contributed by atoms with E-state index < -0.39 is 0 Å². The molecule has 4 aromatic rings. The number of hydrogen-bond donors (Lipinski definition) is 0. The molecule has 8 aliphatic rings. The molecule has 5 nitrogen and oxygen atoms in total. The standard InChI is InChI=1S/C36H37ClN4O/c37-29-6-5-28(31-30(29)38-19-42-31)26-1-3-27(4-2-26)32-39-33(35-13-20-7-21(14-35)9-22(8-20)15-35)41-34(40-32)36-16-23-10-24(17-36)12-25(11-23)18-36/h1-6,19-25H,7-18H2. The van der Waals surface area contributed by atoms with Gasteiger partial charge in [-0.2, -0.15) is 0 Å². The summed E-state index contributed by atoms with van der Waals surface area (Å²) in [5.74, 6) is 8.37. The van der Waals surface area contributed by atoms with E-state index in [1.807, 2.05) is 12.1 Å². The minimum Gasteiger partial charge on any atom is -0.443 e. The van der Waals surface area contributed by atoms with Gasteiger partial charge in [0.25, 0.3) is 0 Å². The molecule has 214 valence electrons. The van der Waals surface area contributed by atoms with Gasteiger partial charge in [-0.3, -0.25) is 0 Å². The second-order valence-electron chi connectivity index (χ2n) is 15.4. The maximum Gasteiger partial charge on any atom is 0.182 e. The van der Waals surface area contributed by atoms with E-state index in [1.54, 1.807) is 0 Å². The first kappa shape index (κ1) is 24.6. The normalized spacial score (nSPS) is 37.6. The number of aromatic nitrogens is 4. The Bertz CT molecular complexity index is 1590. The van der Waals surface area contributed by atoms with E-state index in [0.717, 1.165) is 75.3 Å². The van der Waals surface area contributed by atoms with E-state index in [1.165, 1.54) is 83.4 Å². The van der Waals surface area contributed by atoms with Crippen LogP contribution in [0.2, 0.25) is 5.02 Å². The fourth-order valence-corrected chi connectivity index (χ4v) is 11.9. The lowest BCUT2D eigenvalue weighted by atomic mass is 9.49. The largest absolute Gasteiger partial charge is 0.443 e. The second-order valence-corrected chi connectivity index (χ2v) is 15.8. The third kappa shape index (κ3) is 3.61. The van der Waals surface area contributed by atoms with Crippen LogP contribution in [0.15, 0.2) is 47.2 Å². The van der Waals surface area contributed by atoms with Gasteiger partial charge in [0.05, 0.1) is 5.02 Å². The van der Waals surface area contributed by atoms with E-state index in [4.69, 9.17) is 31.0 Å². The van der Waals surface area contributed by atoms with E-state index in [2.05, 4.69) is 29.2 Å². The highest BCUT2D eigenvalue weighted by Gasteiger charge is 2.56. The van der Waals surface area contributed by atoms with Gasteiger partial charge in [-0.05, 0) is 130 Å². The molecule has 2 heterocycles.